The van der Waals surface area contributed by atoms with E-state index in [-0.39, 0.29) is 0 Å². The van der Waals surface area contributed by atoms with Crippen molar-refractivity contribution >= 4 is 12.4 Å². The van der Waals surface area contributed by atoms with Crippen LogP contribution in [0.1, 0.15) is 12.8 Å². The van der Waals surface area contributed by atoms with Crippen molar-refractivity contribution in [3.63, 3.8) is 0 Å². The monoisotopic (exact) mass is 196 g/mol. The summed E-state index contributed by atoms with van der Waals surface area (Å²) in [6.07, 6.45) is 5.93. The average Bonchev–Trinajstić information content (AvgIpc) is 2.86. The first-order valence-electron chi connectivity index (χ1n) is 5.17. The van der Waals surface area contributed by atoms with Crippen molar-refractivity contribution in [1.82, 2.24) is 0 Å². The van der Waals surface area contributed by atoms with E-state index in [9.17, 15) is 0 Å². The van der Waals surface area contributed by atoms with Gasteiger partial charge in [-0.2, -0.15) is 10.2 Å². The summed E-state index contributed by atoms with van der Waals surface area (Å²) in [7, 11) is 0. The van der Waals surface area contributed by atoms with Gasteiger partial charge in [0, 0.05) is 37.5 Å². The van der Waals surface area contributed by atoms with Crippen LogP contribution < -0.4 is 0 Å². The highest BCUT2D eigenvalue weighted by molar-refractivity contribution is 5.65. The minimum Gasteiger partial charge on any atom is -0.381 e. The molecule has 0 aromatic rings. The Kier molecular flexibility index (Phi) is 3.65. The molecule has 14 heavy (non-hydrogen) atoms. The molecule has 0 spiro atoms. The number of rotatable bonds is 3. The molecule has 0 amide bonds. The van der Waals surface area contributed by atoms with Crippen LogP contribution in [-0.2, 0) is 9.47 Å². The normalized spacial score (nSPS) is 33.7. The van der Waals surface area contributed by atoms with Gasteiger partial charge in [0.1, 0.15) is 0 Å². The molecule has 0 aromatic heterocycles. The molecule has 4 heteroatoms. The maximum atomic E-state index is 5.22. The maximum absolute atomic E-state index is 5.22. The van der Waals surface area contributed by atoms with Crippen LogP contribution in [0.2, 0.25) is 0 Å². The van der Waals surface area contributed by atoms with Gasteiger partial charge in [-0.15, -0.1) is 0 Å². The molecule has 0 saturated carbocycles. The summed E-state index contributed by atoms with van der Waals surface area (Å²) in [6.45, 7) is 3.31. The van der Waals surface area contributed by atoms with E-state index >= 15 is 0 Å². The van der Waals surface area contributed by atoms with Gasteiger partial charge in [0.15, 0.2) is 0 Å². The second-order valence-corrected chi connectivity index (χ2v) is 3.78. The molecule has 2 unspecified atom stereocenters. The van der Waals surface area contributed by atoms with Crippen molar-refractivity contribution in [3.05, 3.63) is 0 Å². The summed E-state index contributed by atoms with van der Waals surface area (Å²) in [5.41, 5.74) is 0. The van der Waals surface area contributed by atoms with Crippen LogP contribution >= 0.6 is 0 Å². The Morgan fingerprint density at radius 1 is 0.857 bits per heavy atom. The predicted octanol–water partition coefficient (Wildman–Crippen LogP) is 1.12. The van der Waals surface area contributed by atoms with E-state index in [0.717, 1.165) is 39.3 Å². The minimum absolute atomic E-state index is 0.465. The zero-order chi connectivity index (χ0) is 9.64. The van der Waals surface area contributed by atoms with Crippen LogP contribution in [0.25, 0.3) is 0 Å². The van der Waals surface area contributed by atoms with Crippen molar-refractivity contribution in [2.24, 2.45) is 22.0 Å². The molecule has 2 aliphatic heterocycles. The number of nitrogens with zero attached hydrogens (tertiary/aromatic N) is 2. The largest absolute Gasteiger partial charge is 0.381 e. The van der Waals surface area contributed by atoms with E-state index in [4.69, 9.17) is 9.47 Å². The second-order valence-electron chi connectivity index (χ2n) is 3.78. The lowest BCUT2D eigenvalue weighted by Crippen LogP contribution is -2.01. The highest BCUT2D eigenvalue weighted by Gasteiger charge is 2.13. The van der Waals surface area contributed by atoms with Crippen molar-refractivity contribution in [1.29, 1.82) is 0 Å². The van der Waals surface area contributed by atoms with Crippen LogP contribution in [0.15, 0.2) is 10.2 Å². The summed E-state index contributed by atoms with van der Waals surface area (Å²) in [4.78, 5) is 0. The Bertz CT molecular complexity index is 192. The van der Waals surface area contributed by atoms with Crippen LogP contribution in [0, 0.1) is 11.8 Å². The van der Waals surface area contributed by atoms with Gasteiger partial charge in [-0.05, 0) is 12.8 Å². The van der Waals surface area contributed by atoms with E-state index in [2.05, 4.69) is 10.2 Å². The highest BCUT2D eigenvalue weighted by atomic mass is 16.5. The molecule has 2 rings (SSSR count). The zero-order valence-corrected chi connectivity index (χ0v) is 8.26. The van der Waals surface area contributed by atoms with E-state index in [1.807, 2.05) is 12.4 Å². The van der Waals surface area contributed by atoms with E-state index in [0.29, 0.717) is 11.8 Å². The highest BCUT2D eigenvalue weighted by Crippen LogP contribution is 2.10. The summed E-state index contributed by atoms with van der Waals surface area (Å²) in [5.74, 6) is 0.930. The lowest BCUT2D eigenvalue weighted by Gasteiger charge is -1.96. The molecule has 0 aliphatic carbocycles. The third-order valence-electron chi connectivity index (χ3n) is 2.55. The molecule has 78 valence electrons. The molecule has 2 aliphatic rings. The van der Waals surface area contributed by atoms with Crippen LogP contribution in [0.3, 0.4) is 0 Å². The first-order valence-corrected chi connectivity index (χ1v) is 5.17. The van der Waals surface area contributed by atoms with E-state index < -0.39 is 0 Å². The summed E-state index contributed by atoms with van der Waals surface area (Å²) >= 11 is 0. The van der Waals surface area contributed by atoms with E-state index in [1.54, 1.807) is 0 Å². The minimum atomic E-state index is 0.465. The summed E-state index contributed by atoms with van der Waals surface area (Å²) < 4.78 is 10.4. The SMILES string of the molecule is C(=NN=CC1CCOC1)C1CCOC1. The first kappa shape index (κ1) is 9.80. The standard InChI is InChI=1S/C10H16N2O2/c1-3-13-7-9(1)5-11-12-6-10-2-4-14-8-10/h5-6,9-10H,1-4,7-8H2. The maximum Gasteiger partial charge on any atom is 0.0545 e. The molecule has 0 radical (unpaired) electrons. The molecule has 0 N–H and O–H groups in total. The molecular formula is C10H16N2O2. The summed E-state index contributed by atoms with van der Waals surface area (Å²) in [6, 6.07) is 0. The van der Waals surface area contributed by atoms with Crippen LogP contribution in [-0.4, -0.2) is 38.9 Å². The molecule has 0 aromatic carbocycles. The van der Waals surface area contributed by atoms with Gasteiger partial charge >= 0.3 is 0 Å². The van der Waals surface area contributed by atoms with Gasteiger partial charge in [-0.3, -0.25) is 0 Å². The van der Waals surface area contributed by atoms with E-state index in [1.165, 1.54) is 0 Å². The predicted molar refractivity (Wildman–Crippen MR) is 54.8 cm³/mol. The third kappa shape index (κ3) is 2.89. The Balaban J connectivity index is 1.69. The molecule has 2 fully saturated rings. The number of hydrogen-bond donors (Lipinski definition) is 0. The zero-order valence-electron chi connectivity index (χ0n) is 8.26. The van der Waals surface area contributed by atoms with Gasteiger partial charge in [0.2, 0.25) is 0 Å². The lowest BCUT2D eigenvalue weighted by molar-refractivity contribution is 0.193. The fraction of sp³-hybridized carbons (Fsp3) is 0.800. The number of hydrogen-bond acceptors (Lipinski definition) is 4. The van der Waals surface area contributed by atoms with Crippen molar-refractivity contribution < 1.29 is 9.47 Å². The van der Waals surface area contributed by atoms with Crippen molar-refractivity contribution in [2.75, 3.05) is 26.4 Å². The van der Waals surface area contributed by atoms with Gasteiger partial charge in [0.25, 0.3) is 0 Å². The second kappa shape index (κ2) is 5.22. The summed E-state index contributed by atoms with van der Waals surface area (Å²) in [5, 5.41) is 8.05. The first-order chi connectivity index (χ1) is 6.95. The molecule has 4 nitrogen and oxygen atoms in total. The Hall–Kier alpha value is -0.740. The fourth-order valence-corrected chi connectivity index (χ4v) is 1.61. The molecule has 2 atom stereocenters. The van der Waals surface area contributed by atoms with Crippen LogP contribution in [0.4, 0.5) is 0 Å². The third-order valence-corrected chi connectivity index (χ3v) is 2.55. The topological polar surface area (TPSA) is 43.2 Å². The number of ether oxygens (including phenoxy) is 2. The van der Waals surface area contributed by atoms with Gasteiger partial charge < -0.3 is 9.47 Å². The Labute approximate surface area is 84.0 Å². The Morgan fingerprint density at radius 2 is 1.36 bits per heavy atom. The van der Waals surface area contributed by atoms with Gasteiger partial charge in [-0.1, -0.05) is 0 Å². The Morgan fingerprint density at radius 3 is 1.71 bits per heavy atom. The van der Waals surface area contributed by atoms with Crippen molar-refractivity contribution in [2.45, 2.75) is 12.8 Å². The van der Waals surface area contributed by atoms with Crippen molar-refractivity contribution in [3.8, 4) is 0 Å². The quantitative estimate of drug-likeness (QED) is 0.501. The van der Waals surface area contributed by atoms with Gasteiger partial charge in [0.05, 0.1) is 13.2 Å². The van der Waals surface area contributed by atoms with Gasteiger partial charge in [-0.25, -0.2) is 0 Å². The average molecular weight is 196 g/mol. The fourth-order valence-electron chi connectivity index (χ4n) is 1.61. The lowest BCUT2D eigenvalue weighted by atomic mass is 10.1. The molecule has 2 heterocycles. The molecule has 0 bridgehead atoms. The van der Waals surface area contributed by atoms with Crippen LogP contribution in [0.5, 0.6) is 0 Å². The molecule has 2 saturated heterocycles. The molecular weight excluding hydrogens is 180 g/mol. The smallest absolute Gasteiger partial charge is 0.0545 e.